The van der Waals surface area contributed by atoms with E-state index >= 15 is 0 Å². The Kier molecular flexibility index (Phi) is 4.40. The standard InChI is InChI=1S/C11H17.Y/c1-8-6-11(4,5)7-9(2)10(8)3;/h6H2,1-5H3;/q-1;. The second kappa shape index (κ2) is 4.20. The zero-order chi connectivity index (χ0) is 8.65. The molecule has 0 saturated carbocycles. The molecule has 0 aromatic heterocycles. The normalized spacial score (nSPS) is 21.6. The Labute approximate surface area is 101 Å². The summed E-state index contributed by atoms with van der Waals surface area (Å²) >= 11 is 0. The molecule has 0 fully saturated rings. The summed E-state index contributed by atoms with van der Waals surface area (Å²) in [6, 6.07) is 0. The van der Waals surface area contributed by atoms with Crippen LogP contribution in [-0.2, 0) is 32.7 Å². The minimum absolute atomic E-state index is 0. The van der Waals surface area contributed by atoms with Crippen molar-refractivity contribution in [1.29, 1.82) is 0 Å². The number of rotatable bonds is 0. The van der Waals surface area contributed by atoms with E-state index in [1.54, 1.807) is 0 Å². The molecule has 1 heteroatoms. The Morgan fingerprint density at radius 3 is 2.08 bits per heavy atom. The first-order valence-electron chi connectivity index (χ1n) is 4.21. The molecule has 0 unspecified atom stereocenters. The van der Waals surface area contributed by atoms with E-state index < -0.39 is 0 Å². The molecule has 0 saturated heterocycles. The Hall–Kier alpha value is 0.584. The maximum atomic E-state index is 3.49. The van der Waals surface area contributed by atoms with E-state index in [0.717, 1.165) is 6.42 Å². The molecular formula is C11H17Y-. The predicted molar refractivity (Wildman–Crippen MR) is 49.2 cm³/mol. The van der Waals surface area contributed by atoms with Gasteiger partial charge in [-0.15, -0.1) is 6.92 Å². The van der Waals surface area contributed by atoms with Crippen molar-refractivity contribution >= 4 is 0 Å². The maximum absolute atomic E-state index is 3.49. The second-order valence-corrected chi connectivity index (χ2v) is 4.22. The summed E-state index contributed by atoms with van der Waals surface area (Å²) in [7, 11) is 0. The van der Waals surface area contributed by atoms with E-state index in [-0.39, 0.29) is 38.1 Å². The molecule has 0 heterocycles. The third-order valence-electron chi connectivity index (χ3n) is 2.44. The summed E-state index contributed by atoms with van der Waals surface area (Å²) < 4.78 is 0. The van der Waals surface area contributed by atoms with Crippen molar-refractivity contribution in [2.45, 2.75) is 41.0 Å². The van der Waals surface area contributed by atoms with E-state index in [1.165, 1.54) is 16.7 Å². The van der Waals surface area contributed by atoms with E-state index in [9.17, 15) is 0 Å². The summed E-state index contributed by atoms with van der Waals surface area (Å²) in [6.45, 7) is 11.0. The third-order valence-corrected chi connectivity index (χ3v) is 2.44. The Morgan fingerprint density at radius 1 is 1.17 bits per heavy atom. The van der Waals surface area contributed by atoms with Crippen molar-refractivity contribution in [2.75, 3.05) is 0 Å². The van der Waals surface area contributed by atoms with Crippen LogP contribution in [0.3, 0.4) is 0 Å². The zero-order valence-corrected chi connectivity index (χ0v) is 11.6. The first-order valence-corrected chi connectivity index (χ1v) is 4.21. The average molecular weight is 238 g/mol. The third kappa shape index (κ3) is 2.81. The van der Waals surface area contributed by atoms with Gasteiger partial charge in [-0.05, 0) is 0 Å². The van der Waals surface area contributed by atoms with E-state index in [0.29, 0.717) is 0 Å². The van der Waals surface area contributed by atoms with Gasteiger partial charge in [0, 0.05) is 32.7 Å². The quantitative estimate of drug-likeness (QED) is 0.566. The van der Waals surface area contributed by atoms with Crippen LogP contribution in [0.1, 0.15) is 41.0 Å². The van der Waals surface area contributed by atoms with Gasteiger partial charge in [-0.1, -0.05) is 39.5 Å². The predicted octanol–water partition coefficient (Wildman–Crippen LogP) is 3.50. The van der Waals surface area contributed by atoms with Gasteiger partial charge in [-0.2, -0.15) is 11.1 Å². The molecule has 0 aromatic rings. The first kappa shape index (κ1) is 12.6. The van der Waals surface area contributed by atoms with Gasteiger partial charge >= 0.3 is 0 Å². The van der Waals surface area contributed by atoms with Gasteiger partial charge in [0.1, 0.15) is 0 Å². The van der Waals surface area contributed by atoms with Crippen LogP contribution in [0, 0.1) is 11.5 Å². The minimum Gasteiger partial charge on any atom is -0.266 e. The van der Waals surface area contributed by atoms with Crippen LogP contribution < -0.4 is 0 Å². The van der Waals surface area contributed by atoms with Crippen molar-refractivity contribution in [3.63, 3.8) is 0 Å². The first-order chi connectivity index (χ1) is 4.92. The zero-order valence-electron chi connectivity index (χ0n) is 8.78. The second-order valence-electron chi connectivity index (χ2n) is 4.22. The number of hydrogen-bond donors (Lipinski definition) is 0. The van der Waals surface area contributed by atoms with Crippen molar-refractivity contribution in [3.05, 3.63) is 22.8 Å². The molecule has 1 aliphatic rings. The van der Waals surface area contributed by atoms with Crippen molar-refractivity contribution < 1.29 is 32.7 Å². The fourth-order valence-corrected chi connectivity index (χ4v) is 1.76. The SMILES string of the molecule is CC1=[C-]C(C)(C)CC(C)=C1C.[Y]. The van der Waals surface area contributed by atoms with Crippen LogP contribution in [0.5, 0.6) is 0 Å². The summed E-state index contributed by atoms with van der Waals surface area (Å²) in [5.41, 5.74) is 4.54. The molecule has 1 radical (unpaired) electrons. The van der Waals surface area contributed by atoms with Crippen LogP contribution in [-0.4, -0.2) is 0 Å². The van der Waals surface area contributed by atoms with Crippen molar-refractivity contribution in [1.82, 2.24) is 0 Å². The Balaban J connectivity index is 0.00000121. The van der Waals surface area contributed by atoms with Crippen LogP contribution in [0.2, 0.25) is 0 Å². The van der Waals surface area contributed by atoms with Crippen molar-refractivity contribution in [2.24, 2.45) is 5.41 Å². The molecule has 0 N–H and O–H groups in total. The van der Waals surface area contributed by atoms with Gasteiger partial charge in [-0.25, -0.2) is 5.57 Å². The van der Waals surface area contributed by atoms with Crippen molar-refractivity contribution in [3.8, 4) is 0 Å². The Bertz CT molecular complexity index is 231. The van der Waals surface area contributed by atoms with Gasteiger partial charge in [0.05, 0.1) is 0 Å². The van der Waals surface area contributed by atoms with Gasteiger partial charge in [-0.3, -0.25) is 6.08 Å². The summed E-state index contributed by atoms with van der Waals surface area (Å²) in [4.78, 5) is 0. The van der Waals surface area contributed by atoms with Gasteiger partial charge in [0.25, 0.3) is 0 Å². The molecule has 1 rings (SSSR count). The van der Waals surface area contributed by atoms with Gasteiger partial charge in [0.15, 0.2) is 0 Å². The van der Waals surface area contributed by atoms with E-state index in [1.807, 2.05) is 0 Å². The number of allylic oxidation sites excluding steroid dienone is 4. The average Bonchev–Trinajstić information content (AvgIpc) is 1.81. The largest absolute Gasteiger partial charge is 0.266 e. The molecule has 0 aliphatic heterocycles. The molecule has 1 aliphatic carbocycles. The molecule has 0 bridgehead atoms. The molecule has 0 aromatic carbocycles. The molecule has 12 heavy (non-hydrogen) atoms. The topological polar surface area (TPSA) is 0 Å². The fraction of sp³-hybridized carbons (Fsp3) is 0.636. The molecule has 0 amide bonds. The molecule has 65 valence electrons. The summed E-state index contributed by atoms with van der Waals surface area (Å²) in [6.07, 6.45) is 4.66. The molecule has 0 spiro atoms. The van der Waals surface area contributed by atoms with Gasteiger partial charge in [0.2, 0.25) is 0 Å². The van der Waals surface area contributed by atoms with Gasteiger partial charge < -0.3 is 0 Å². The van der Waals surface area contributed by atoms with E-state index in [4.69, 9.17) is 0 Å². The van der Waals surface area contributed by atoms with Crippen LogP contribution in [0.25, 0.3) is 0 Å². The van der Waals surface area contributed by atoms with Crippen LogP contribution in [0.15, 0.2) is 16.7 Å². The monoisotopic (exact) mass is 238 g/mol. The maximum Gasteiger partial charge on any atom is 0 e. The fourth-order valence-electron chi connectivity index (χ4n) is 1.76. The minimum atomic E-state index is 0. The molecule has 0 atom stereocenters. The Morgan fingerprint density at radius 2 is 1.67 bits per heavy atom. The summed E-state index contributed by atoms with van der Waals surface area (Å²) in [5, 5.41) is 0. The van der Waals surface area contributed by atoms with Crippen LogP contribution >= 0.6 is 0 Å². The van der Waals surface area contributed by atoms with E-state index in [2.05, 4.69) is 40.7 Å². The molecule has 0 nitrogen and oxygen atoms in total. The molecular weight excluding hydrogens is 221 g/mol. The smallest absolute Gasteiger partial charge is 0 e. The van der Waals surface area contributed by atoms with Crippen LogP contribution in [0.4, 0.5) is 0 Å². The number of hydrogen-bond acceptors (Lipinski definition) is 0. The summed E-state index contributed by atoms with van der Waals surface area (Å²) in [5.74, 6) is 0.